The molecule has 3 N–H and O–H groups in total. The highest BCUT2D eigenvalue weighted by molar-refractivity contribution is 8.01. The van der Waals surface area contributed by atoms with Crippen molar-refractivity contribution in [3.63, 3.8) is 0 Å². The summed E-state index contributed by atoms with van der Waals surface area (Å²) in [6, 6.07) is 14.4. The van der Waals surface area contributed by atoms with Crippen molar-refractivity contribution in [3.8, 4) is 11.8 Å². The second-order valence-electron chi connectivity index (χ2n) is 10.5. The van der Waals surface area contributed by atoms with E-state index in [1.54, 1.807) is 54.5 Å². The van der Waals surface area contributed by atoms with Crippen molar-refractivity contribution in [1.29, 1.82) is 5.26 Å². The van der Waals surface area contributed by atoms with Gasteiger partial charge in [-0.3, -0.25) is 14.5 Å². The molecule has 0 saturated carbocycles. The van der Waals surface area contributed by atoms with Gasteiger partial charge in [-0.2, -0.15) is 5.26 Å². The molecule has 2 aromatic carbocycles. The Morgan fingerprint density at radius 1 is 1.26 bits per heavy atom. The number of ketones is 1. The summed E-state index contributed by atoms with van der Waals surface area (Å²) in [6.07, 6.45) is 0.805. The number of allylic oxidation sites excluding steroid dienone is 3. The van der Waals surface area contributed by atoms with Crippen LogP contribution in [0.1, 0.15) is 38.2 Å². The number of rotatable bonds is 7. The first-order chi connectivity index (χ1) is 20.0. The quantitative estimate of drug-likeness (QED) is 0.276. The van der Waals surface area contributed by atoms with E-state index in [1.165, 1.54) is 23.1 Å². The van der Waals surface area contributed by atoms with Crippen LogP contribution in [0.25, 0.3) is 0 Å². The van der Waals surface area contributed by atoms with Crippen LogP contribution in [0.3, 0.4) is 0 Å². The van der Waals surface area contributed by atoms with Crippen molar-refractivity contribution in [2.24, 2.45) is 11.1 Å². The van der Waals surface area contributed by atoms with Gasteiger partial charge in [0, 0.05) is 29.4 Å². The maximum absolute atomic E-state index is 13.7. The Labute approximate surface area is 261 Å². The number of nitriles is 1. The Kier molecular flexibility index (Phi) is 8.53. The number of nitrogens with two attached hydrogens (primary N) is 1. The number of thioether (sulfide) groups is 1. The van der Waals surface area contributed by atoms with Crippen molar-refractivity contribution in [3.05, 3.63) is 80.7 Å². The second-order valence-corrected chi connectivity index (χ2v) is 13.5. The number of benzene rings is 2. The van der Waals surface area contributed by atoms with Crippen LogP contribution in [0.2, 0.25) is 10.0 Å². The van der Waals surface area contributed by atoms with Gasteiger partial charge in [0.25, 0.3) is 0 Å². The lowest BCUT2D eigenvalue weighted by Crippen LogP contribution is -2.42. The molecule has 0 fully saturated rings. The number of carbonyl (C=O) groups is 2. The summed E-state index contributed by atoms with van der Waals surface area (Å²) in [5.74, 6) is -0.212. The summed E-state index contributed by atoms with van der Waals surface area (Å²) in [4.78, 5) is 28.0. The maximum atomic E-state index is 13.7. The Balaban J connectivity index is 1.47. The van der Waals surface area contributed by atoms with Gasteiger partial charge in [-0.25, -0.2) is 0 Å². The first-order valence-electron chi connectivity index (χ1n) is 12.8. The van der Waals surface area contributed by atoms with Gasteiger partial charge in [0.2, 0.25) is 11.0 Å². The fourth-order valence-corrected chi connectivity index (χ4v) is 7.26. The molecule has 1 amide bonds. The average Bonchev–Trinajstić information content (AvgIpc) is 3.41. The van der Waals surface area contributed by atoms with Gasteiger partial charge in [0.05, 0.1) is 40.5 Å². The van der Waals surface area contributed by atoms with Crippen LogP contribution in [0.5, 0.6) is 5.75 Å². The van der Waals surface area contributed by atoms with E-state index in [0.717, 1.165) is 0 Å². The van der Waals surface area contributed by atoms with Crippen LogP contribution in [0, 0.1) is 16.7 Å². The Morgan fingerprint density at radius 2 is 2.02 bits per heavy atom. The lowest BCUT2D eigenvalue weighted by molar-refractivity contribution is -0.118. The third-order valence-electron chi connectivity index (χ3n) is 6.94. The fraction of sp³-hybridized carbons (Fsp3) is 0.276. The normalized spacial score (nSPS) is 18.0. The van der Waals surface area contributed by atoms with Crippen LogP contribution in [-0.4, -0.2) is 34.8 Å². The SMILES string of the molecule is COc1cccc(NC(=O)CSc2nnc(N3C(N)=C(C#N)C(c4cccc(Cl)c4Cl)C4=C3CC(C)(C)CC4=O)s2)c1. The standard InChI is InChI=1S/C29H26Cl2N6O3S2/c1-29(2)11-20-24(21(38)12-29)23(17-8-5-9-19(30)25(17)31)18(13-32)26(33)37(20)27-35-36-28(42-27)41-14-22(39)34-15-6-4-7-16(10-15)40-3/h4-10,23H,11-12,14,33H2,1-3H3,(H,34,39). The van der Waals surface area contributed by atoms with Gasteiger partial charge >= 0.3 is 0 Å². The number of ether oxygens (including phenoxy) is 1. The van der Waals surface area contributed by atoms with Gasteiger partial charge in [0.1, 0.15) is 11.6 Å². The Morgan fingerprint density at radius 3 is 2.76 bits per heavy atom. The van der Waals surface area contributed by atoms with Crippen LogP contribution in [0.15, 0.2) is 69.5 Å². The molecule has 0 saturated heterocycles. The number of carbonyl (C=O) groups excluding carboxylic acids is 2. The lowest BCUT2D eigenvalue weighted by Gasteiger charge is -2.42. The van der Waals surface area contributed by atoms with E-state index in [1.807, 2.05) is 13.8 Å². The van der Waals surface area contributed by atoms with Crippen LogP contribution in [-0.2, 0) is 9.59 Å². The Bertz CT molecular complexity index is 1690. The molecule has 0 bridgehead atoms. The number of Topliss-reactive ketones (excluding diaryl/α,β-unsaturated/α-hetero) is 1. The minimum atomic E-state index is -0.766. The van der Waals surface area contributed by atoms with E-state index in [9.17, 15) is 14.9 Å². The van der Waals surface area contributed by atoms with Gasteiger partial charge in [-0.1, -0.05) is 78.3 Å². The highest BCUT2D eigenvalue weighted by atomic mass is 35.5. The average molecular weight is 642 g/mol. The number of nitrogens with zero attached hydrogens (tertiary/aromatic N) is 4. The van der Waals surface area contributed by atoms with Crippen molar-refractivity contribution in [2.45, 2.75) is 36.9 Å². The molecule has 1 aliphatic carbocycles. The second kappa shape index (κ2) is 12.0. The molecule has 216 valence electrons. The number of nitrogens with one attached hydrogen (secondary N) is 1. The van der Waals surface area contributed by atoms with Crippen LogP contribution in [0.4, 0.5) is 10.8 Å². The predicted molar refractivity (Wildman–Crippen MR) is 166 cm³/mol. The van der Waals surface area contributed by atoms with E-state index in [4.69, 9.17) is 33.7 Å². The molecular weight excluding hydrogens is 615 g/mol. The fourth-order valence-electron chi connectivity index (χ4n) is 5.16. The highest BCUT2D eigenvalue weighted by Crippen LogP contribution is 2.52. The molecule has 2 heterocycles. The molecule has 1 atom stereocenters. The first-order valence-corrected chi connectivity index (χ1v) is 15.4. The number of halogens is 2. The molecule has 2 aliphatic rings. The number of hydrogen-bond acceptors (Lipinski definition) is 10. The Hall–Kier alpha value is -3.56. The minimum absolute atomic E-state index is 0.0927. The van der Waals surface area contributed by atoms with Crippen LogP contribution < -0.4 is 20.7 Å². The number of hydrogen-bond donors (Lipinski definition) is 2. The molecule has 13 heteroatoms. The molecule has 0 spiro atoms. The molecule has 1 aromatic heterocycles. The summed E-state index contributed by atoms with van der Waals surface area (Å²) in [5.41, 5.74) is 8.76. The highest BCUT2D eigenvalue weighted by Gasteiger charge is 2.46. The largest absolute Gasteiger partial charge is 0.497 e. The van der Waals surface area contributed by atoms with Gasteiger partial charge in [0.15, 0.2) is 10.1 Å². The summed E-state index contributed by atoms with van der Waals surface area (Å²) in [7, 11) is 1.56. The van der Waals surface area contributed by atoms with E-state index in [-0.39, 0.29) is 39.3 Å². The van der Waals surface area contributed by atoms with Crippen molar-refractivity contribution >= 4 is 68.8 Å². The summed E-state index contributed by atoms with van der Waals surface area (Å²) in [6.45, 7) is 4.02. The molecular formula is C29H26Cl2N6O3S2. The van der Waals surface area contributed by atoms with Crippen molar-refractivity contribution in [1.82, 2.24) is 10.2 Å². The molecule has 3 aromatic rings. The molecule has 42 heavy (non-hydrogen) atoms. The number of aromatic nitrogens is 2. The monoisotopic (exact) mass is 640 g/mol. The first kappa shape index (κ1) is 29.9. The zero-order valence-electron chi connectivity index (χ0n) is 22.9. The van der Waals surface area contributed by atoms with E-state index >= 15 is 0 Å². The van der Waals surface area contributed by atoms with Gasteiger partial charge in [-0.15, -0.1) is 10.2 Å². The van der Waals surface area contributed by atoms with Crippen molar-refractivity contribution in [2.75, 3.05) is 23.1 Å². The van der Waals surface area contributed by atoms with Crippen molar-refractivity contribution < 1.29 is 14.3 Å². The van der Waals surface area contributed by atoms with E-state index in [2.05, 4.69) is 21.6 Å². The third kappa shape index (κ3) is 5.85. The molecule has 1 unspecified atom stereocenters. The van der Waals surface area contributed by atoms with E-state index < -0.39 is 5.92 Å². The molecule has 0 radical (unpaired) electrons. The lowest BCUT2D eigenvalue weighted by atomic mass is 9.68. The van der Waals surface area contributed by atoms with E-state index in [0.29, 0.717) is 55.6 Å². The maximum Gasteiger partial charge on any atom is 0.234 e. The van der Waals surface area contributed by atoms with Gasteiger partial charge < -0.3 is 15.8 Å². The minimum Gasteiger partial charge on any atom is -0.497 e. The molecule has 9 nitrogen and oxygen atoms in total. The molecule has 1 aliphatic heterocycles. The molecule has 5 rings (SSSR count). The zero-order chi connectivity index (χ0) is 30.2. The summed E-state index contributed by atoms with van der Waals surface area (Å²) >= 11 is 15.4. The topological polar surface area (TPSA) is 134 Å². The predicted octanol–water partition coefficient (Wildman–Crippen LogP) is 6.53. The zero-order valence-corrected chi connectivity index (χ0v) is 26.0. The smallest absolute Gasteiger partial charge is 0.234 e. The summed E-state index contributed by atoms with van der Waals surface area (Å²) < 4.78 is 5.73. The number of anilines is 2. The van der Waals surface area contributed by atoms with Gasteiger partial charge in [-0.05, 0) is 35.6 Å². The summed E-state index contributed by atoms with van der Waals surface area (Å²) in [5, 5.41) is 22.7. The third-order valence-corrected chi connectivity index (χ3v) is 9.82. The number of amides is 1. The van der Waals surface area contributed by atoms with Crippen LogP contribution >= 0.6 is 46.3 Å². The number of methoxy groups -OCH3 is 1.